The van der Waals surface area contributed by atoms with Gasteiger partial charge in [-0.05, 0) is 19.4 Å². The lowest BCUT2D eigenvalue weighted by Crippen LogP contribution is -2.40. The zero-order valence-electron chi connectivity index (χ0n) is 11.9. The van der Waals surface area contributed by atoms with Crippen LogP contribution in [0.4, 0.5) is 0 Å². The van der Waals surface area contributed by atoms with Crippen LogP contribution >= 0.6 is 0 Å². The number of amides is 1. The quantitative estimate of drug-likeness (QED) is 0.667. The Kier molecular flexibility index (Phi) is 5.10. The van der Waals surface area contributed by atoms with Crippen molar-refractivity contribution in [1.29, 1.82) is 0 Å². The van der Waals surface area contributed by atoms with Crippen LogP contribution < -0.4 is 5.32 Å². The molecule has 0 radical (unpaired) electrons. The molecule has 1 rings (SSSR count). The second kappa shape index (κ2) is 6.36. The van der Waals surface area contributed by atoms with Gasteiger partial charge in [0.15, 0.2) is 0 Å². The van der Waals surface area contributed by atoms with Gasteiger partial charge in [0.2, 0.25) is 0 Å². The molecule has 0 unspecified atom stereocenters. The molecule has 0 heterocycles. The number of nitrogens with one attached hydrogen (secondary N) is 1. The van der Waals surface area contributed by atoms with Crippen molar-refractivity contribution in [3.05, 3.63) is 35.4 Å². The number of carbonyl (C=O) groups excluding carboxylic acids is 2. The van der Waals surface area contributed by atoms with Crippen LogP contribution in [0, 0.1) is 6.92 Å². The van der Waals surface area contributed by atoms with Crippen LogP contribution in [0.1, 0.15) is 31.9 Å². The first kappa shape index (κ1) is 15.2. The number of ether oxygens (including phenoxy) is 1. The van der Waals surface area contributed by atoms with E-state index < -0.39 is 11.9 Å². The van der Waals surface area contributed by atoms with Crippen LogP contribution in [-0.2, 0) is 19.7 Å². The maximum atomic E-state index is 11.5. The molecule has 1 amide bonds. The van der Waals surface area contributed by atoms with Gasteiger partial charge in [0.25, 0.3) is 0 Å². The third kappa shape index (κ3) is 4.39. The molecule has 0 aliphatic rings. The highest BCUT2D eigenvalue weighted by molar-refractivity contribution is 6.32. The summed E-state index contributed by atoms with van der Waals surface area (Å²) in [7, 11) is 0. The number of benzene rings is 1. The van der Waals surface area contributed by atoms with Crippen LogP contribution in [0.3, 0.4) is 0 Å². The van der Waals surface area contributed by atoms with E-state index in [4.69, 9.17) is 0 Å². The Morgan fingerprint density at radius 1 is 1.21 bits per heavy atom. The van der Waals surface area contributed by atoms with Gasteiger partial charge in [-0.25, -0.2) is 4.79 Å². The Balaban J connectivity index is 2.62. The SMILES string of the molecule is CCOC(=O)C(=O)NCC(C)(C)c1ccc(C)cc1. The van der Waals surface area contributed by atoms with Crippen LogP contribution in [0.2, 0.25) is 0 Å². The van der Waals surface area contributed by atoms with E-state index in [1.807, 2.05) is 45.0 Å². The minimum absolute atomic E-state index is 0.202. The van der Waals surface area contributed by atoms with E-state index in [2.05, 4.69) is 10.1 Å². The summed E-state index contributed by atoms with van der Waals surface area (Å²) >= 11 is 0. The molecule has 0 aliphatic heterocycles. The van der Waals surface area contributed by atoms with Gasteiger partial charge in [0, 0.05) is 12.0 Å². The fourth-order valence-corrected chi connectivity index (χ4v) is 1.68. The van der Waals surface area contributed by atoms with E-state index in [0.29, 0.717) is 6.54 Å². The number of hydrogen-bond acceptors (Lipinski definition) is 3. The predicted octanol–water partition coefficient (Wildman–Crippen LogP) is 1.95. The van der Waals surface area contributed by atoms with Crippen molar-refractivity contribution in [3.8, 4) is 0 Å². The van der Waals surface area contributed by atoms with Crippen LogP contribution in [0.5, 0.6) is 0 Å². The maximum Gasteiger partial charge on any atom is 0.396 e. The van der Waals surface area contributed by atoms with Gasteiger partial charge >= 0.3 is 11.9 Å². The van der Waals surface area contributed by atoms with Gasteiger partial charge in [-0.1, -0.05) is 43.7 Å². The summed E-state index contributed by atoms with van der Waals surface area (Å²) in [6.45, 7) is 8.31. The molecule has 0 atom stereocenters. The minimum atomic E-state index is -0.831. The average molecular weight is 263 g/mol. The monoisotopic (exact) mass is 263 g/mol. The third-order valence-corrected chi connectivity index (χ3v) is 2.98. The summed E-state index contributed by atoms with van der Waals surface area (Å²) < 4.78 is 4.64. The van der Waals surface area contributed by atoms with Crippen molar-refractivity contribution in [1.82, 2.24) is 5.32 Å². The minimum Gasteiger partial charge on any atom is -0.459 e. The third-order valence-electron chi connectivity index (χ3n) is 2.98. The highest BCUT2D eigenvalue weighted by Crippen LogP contribution is 2.22. The Labute approximate surface area is 114 Å². The van der Waals surface area contributed by atoms with E-state index in [1.165, 1.54) is 5.56 Å². The first-order valence-corrected chi connectivity index (χ1v) is 6.39. The standard InChI is InChI=1S/C15H21NO3/c1-5-19-14(18)13(17)16-10-15(3,4)12-8-6-11(2)7-9-12/h6-9H,5,10H2,1-4H3,(H,16,17). The fourth-order valence-electron chi connectivity index (χ4n) is 1.68. The topological polar surface area (TPSA) is 55.4 Å². The first-order chi connectivity index (χ1) is 8.86. The van der Waals surface area contributed by atoms with Crippen molar-refractivity contribution in [3.63, 3.8) is 0 Å². The molecule has 104 valence electrons. The molecule has 0 saturated heterocycles. The summed E-state index contributed by atoms with van der Waals surface area (Å²) in [6, 6.07) is 8.13. The summed E-state index contributed by atoms with van der Waals surface area (Å²) in [6.07, 6.45) is 0. The summed E-state index contributed by atoms with van der Waals surface area (Å²) in [4.78, 5) is 22.7. The molecule has 0 aliphatic carbocycles. The summed E-state index contributed by atoms with van der Waals surface area (Å²) in [5.41, 5.74) is 2.06. The zero-order valence-corrected chi connectivity index (χ0v) is 11.9. The zero-order chi connectivity index (χ0) is 14.5. The van der Waals surface area contributed by atoms with Gasteiger partial charge < -0.3 is 10.1 Å². The molecule has 1 aromatic carbocycles. The van der Waals surface area contributed by atoms with E-state index in [1.54, 1.807) is 6.92 Å². The first-order valence-electron chi connectivity index (χ1n) is 6.39. The van der Waals surface area contributed by atoms with Gasteiger partial charge in [-0.3, -0.25) is 4.79 Å². The van der Waals surface area contributed by atoms with E-state index in [0.717, 1.165) is 5.56 Å². The van der Waals surface area contributed by atoms with E-state index >= 15 is 0 Å². The summed E-state index contributed by atoms with van der Waals surface area (Å²) in [5, 5.41) is 2.61. The molecule has 0 bridgehead atoms. The Hall–Kier alpha value is -1.84. The largest absolute Gasteiger partial charge is 0.459 e. The number of hydrogen-bond donors (Lipinski definition) is 1. The second-order valence-corrected chi connectivity index (χ2v) is 5.15. The number of aryl methyl sites for hydroxylation is 1. The molecular formula is C15H21NO3. The molecule has 4 heteroatoms. The maximum absolute atomic E-state index is 11.5. The van der Waals surface area contributed by atoms with Gasteiger partial charge in [-0.2, -0.15) is 0 Å². The number of rotatable bonds is 4. The molecule has 0 spiro atoms. The van der Waals surface area contributed by atoms with Gasteiger partial charge in [-0.15, -0.1) is 0 Å². The van der Waals surface area contributed by atoms with Crippen molar-refractivity contribution >= 4 is 11.9 Å². The van der Waals surface area contributed by atoms with E-state index in [9.17, 15) is 9.59 Å². The molecule has 1 N–H and O–H groups in total. The van der Waals surface area contributed by atoms with Crippen LogP contribution in [0.25, 0.3) is 0 Å². The smallest absolute Gasteiger partial charge is 0.396 e. The normalized spacial score (nSPS) is 10.9. The average Bonchev–Trinajstić information content (AvgIpc) is 2.37. The Bertz CT molecular complexity index is 449. The van der Waals surface area contributed by atoms with Gasteiger partial charge in [0.05, 0.1) is 6.61 Å². The lowest BCUT2D eigenvalue weighted by molar-refractivity contribution is -0.154. The molecule has 0 aromatic heterocycles. The van der Waals surface area contributed by atoms with Crippen LogP contribution in [0.15, 0.2) is 24.3 Å². The Morgan fingerprint density at radius 2 is 1.79 bits per heavy atom. The van der Waals surface area contributed by atoms with Crippen molar-refractivity contribution in [2.45, 2.75) is 33.1 Å². The molecular weight excluding hydrogens is 242 g/mol. The lowest BCUT2D eigenvalue weighted by Gasteiger charge is -2.25. The second-order valence-electron chi connectivity index (χ2n) is 5.15. The van der Waals surface area contributed by atoms with Crippen molar-refractivity contribution < 1.29 is 14.3 Å². The molecule has 0 saturated carbocycles. The van der Waals surface area contributed by atoms with Crippen molar-refractivity contribution in [2.75, 3.05) is 13.2 Å². The van der Waals surface area contributed by atoms with Crippen molar-refractivity contribution in [2.24, 2.45) is 0 Å². The van der Waals surface area contributed by atoms with E-state index in [-0.39, 0.29) is 12.0 Å². The number of esters is 1. The molecule has 1 aromatic rings. The summed E-state index contributed by atoms with van der Waals surface area (Å²) in [5.74, 6) is -1.52. The Morgan fingerprint density at radius 3 is 2.32 bits per heavy atom. The highest BCUT2D eigenvalue weighted by Gasteiger charge is 2.23. The molecule has 0 fully saturated rings. The highest BCUT2D eigenvalue weighted by atomic mass is 16.5. The lowest BCUT2D eigenvalue weighted by atomic mass is 9.84. The van der Waals surface area contributed by atoms with Gasteiger partial charge in [0.1, 0.15) is 0 Å². The predicted molar refractivity (Wildman–Crippen MR) is 73.8 cm³/mol. The van der Waals surface area contributed by atoms with Crippen LogP contribution in [-0.4, -0.2) is 25.0 Å². The fraction of sp³-hybridized carbons (Fsp3) is 0.467. The molecule has 4 nitrogen and oxygen atoms in total. The molecule has 19 heavy (non-hydrogen) atoms. The number of carbonyl (C=O) groups is 2.